The van der Waals surface area contributed by atoms with Crippen LogP contribution in [0.2, 0.25) is 0 Å². The van der Waals surface area contributed by atoms with E-state index in [1.54, 1.807) is 0 Å². The van der Waals surface area contributed by atoms with Crippen molar-refractivity contribution in [3.63, 3.8) is 0 Å². The van der Waals surface area contributed by atoms with Crippen LogP contribution in [0, 0.1) is 5.92 Å². The fourth-order valence-electron chi connectivity index (χ4n) is 3.74. The molecule has 0 amide bonds. The zero-order valence-electron chi connectivity index (χ0n) is 12.5. The van der Waals surface area contributed by atoms with E-state index >= 15 is 0 Å². The van der Waals surface area contributed by atoms with E-state index in [0.29, 0.717) is 0 Å². The molecule has 1 saturated heterocycles. The third-order valence-corrected chi connectivity index (χ3v) is 4.73. The Bertz CT molecular complexity index is 417. The van der Waals surface area contributed by atoms with Gasteiger partial charge in [-0.3, -0.25) is 9.88 Å². The number of nitrogens with zero attached hydrogens (tertiary/aromatic N) is 3. The van der Waals surface area contributed by atoms with E-state index in [9.17, 15) is 0 Å². The number of anilines is 1. The third-order valence-electron chi connectivity index (χ3n) is 4.73. The summed E-state index contributed by atoms with van der Waals surface area (Å²) in [6.45, 7) is 5.33. The van der Waals surface area contributed by atoms with Gasteiger partial charge in [0.15, 0.2) is 0 Å². The summed E-state index contributed by atoms with van der Waals surface area (Å²) in [5.74, 6) is 1.84. The number of nitrogens with one attached hydrogen (secondary N) is 1. The van der Waals surface area contributed by atoms with Gasteiger partial charge in [-0.1, -0.05) is 13.3 Å². The Hall–Kier alpha value is -1.16. The van der Waals surface area contributed by atoms with Crippen LogP contribution in [0.3, 0.4) is 0 Å². The number of rotatable bonds is 5. The van der Waals surface area contributed by atoms with Crippen molar-refractivity contribution in [1.29, 1.82) is 0 Å². The van der Waals surface area contributed by atoms with Gasteiger partial charge in [0.05, 0.1) is 18.1 Å². The maximum atomic E-state index is 4.57. The second kappa shape index (κ2) is 6.53. The molecule has 3 rings (SSSR count). The van der Waals surface area contributed by atoms with Crippen molar-refractivity contribution in [2.24, 2.45) is 5.92 Å². The van der Waals surface area contributed by atoms with Crippen LogP contribution in [0.1, 0.15) is 51.1 Å². The molecule has 1 saturated carbocycles. The highest BCUT2D eigenvalue weighted by Gasteiger charge is 2.34. The van der Waals surface area contributed by atoms with Crippen molar-refractivity contribution in [2.45, 2.75) is 58.0 Å². The molecule has 2 aliphatic rings. The highest BCUT2D eigenvalue weighted by atomic mass is 15.2. The van der Waals surface area contributed by atoms with Gasteiger partial charge in [-0.25, -0.2) is 4.98 Å². The Kier molecular flexibility index (Phi) is 4.51. The molecule has 1 N–H and O–H groups in total. The normalized spacial score (nSPS) is 26.4. The maximum Gasteiger partial charge on any atom is 0.144 e. The second-order valence-corrected chi connectivity index (χ2v) is 6.19. The molecule has 0 aromatic carbocycles. The van der Waals surface area contributed by atoms with Crippen molar-refractivity contribution in [3.05, 3.63) is 18.1 Å². The summed E-state index contributed by atoms with van der Waals surface area (Å²) in [4.78, 5) is 11.7. The molecule has 4 heteroatoms. The average Bonchev–Trinajstić information content (AvgIpc) is 2.96. The van der Waals surface area contributed by atoms with E-state index in [1.807, 2.05) is 12.4 Å². The van der Waals surface area contributed by atoms with E-state index in [1.165, 1.54) is 38.6 Å². The molecule has 4 nitrogen and oxygen atoms in total. The molecule has 20 heavy (non-hydrogen) atoms. The highest BCUT2D eigenvalue weighted by molar-refractivity contribution is 5.30. The molecule has 0 spiro atoms. The Morgan fingerprint density at radius 1 is 1.20 bits per heavy atom. The minimum atomic E-state index is 0.809. The smallest absolute Gasteiger partial charge is 0.144 e. The second-order valence-electron chi connectivity index (χ2n) is 6.19. The lowest BCUT2D eigenvalue weighted by atomic mass is 9.92. The van der Waals surface area contributed by atoms with Gasteiger partial charge in [0.25, 0.3) is 0 Å². The summed E-state index contributed by atoms with van der Waals surface area (Å²) in [5, 5.41) is 3.27. The molecule has 0 radical (unpaired) electrons. The van der Waals surface area contributed by atoms with E-state index < -0.39 is 0 Å². The molecule has 2 atom stereocenters. The fourth-order valence-corrected chi connectivity index (χ4v) is 3.74. The van der Waals surface area contributed by atoms with Crippen molar-refractivity contribution < 1.29 is 0 Å². The molecule has 2 fully saturated rings. The first-order valence-electron chi connectivity index (χ1n) is 8.15. The van der Waals surface area contributed by atoms with Crippen LogP contribution in [0.15, 0.2) is 12.4 Å². The first-order chi connectivity index (χ1) is 9.86. The van der Waals surface area contributed by atoms with Gasteiger partial charge in [0.1, 0.15) is 5.82 Å². The molecular formula is C16H26N4. The van der Waals surface area contributed by atoms with E-state index in [2.05, 4.69) is 27.1 Å². The van der Waals surface area contributed by atoms with Crippen LogP contribution < -0.4 is 5.32 Å². The predicted octanol–water partition coefficient (Wildman–Crippen LogP) is 3.06. The SMILES string of the molecule is CCCNc1cnc(CN2CCCC3CCCC32)cn1. The van der Waals surface area contributed by atoms with Gasteiger partial charge in [-0.15, -0.1) is 0 Å². The molecule has 0 bridgehead atoms. The van der Waals surface area contributed by atoms with Crippen LogP contribution in [-0.4, -0.2) is 34.0 Å². The Morgan fingerprint density at radius 2 is 2.10 bits per heavy atom. The van der Waals surface area contributed by atoms with Crippen LogP contribution in [0.4, 0.5) is 5.82 Å². The molecule has 1 aromatic heterocycles. The highest BCUT2D eigenvalue weighted by Crippen LogP contribution is 2.37. The van der Waals surface area contributed by atoms with Crippen molar-refractivity contribution >= 4 is 5.82 Å². The Balaban J connectivity index is 1.59. The average molecular weight is 274 g/mol. The molecule has 1 aliphatic heterocycles. The van der Waals surface area contributed by atoms with Gasteiger partial charge in [0.2, 0.25) is 0 Å². The third kappa shape index (κ3) is 3.11. The van der Waals surface area contributed by atoms with Gasteiger partial charge < -0.3 is 5.32 Å². The summed E-state index contributed by atoms with van der Waals surface area (Å²) in [5.41, 5.74) is 1.11. The summed E-state index contributed by atoms with van der Waals surface area (Å²) < 4.78 is 0. The first-order valence-corrected chi connectivity index (χ1v) is 8.15. The zero-order valence-corrected chi connectivity index (χ0v) is 12.5. The Morgan fingerprint density at radius 3 is 2.90 bits per heavy atom. The predicted molar refractivity (Wildman–Crippen MR) is 81.6 cm³/mol. The van der Waals surface area contributed by atoms with Crippen LogP contribution in [0.5, 0.6) is 0 Å². The lowest BCUT2D eigenvalue weighted by Crippen LogP contribution is -2.42. The Labute approximate surface area is 122 Å². The number of hydrogen-bond donors (Lipinski definition) is 1. The zero-order chi connectivity index (χ0) is 13.8. The topological polar surface area (TPSA) is 41.1 Å². The minimum Gasteiger partial charge on any atom is -0.369 e. The van der Waals surface area contributed by atoms with Gasteiger partial charge in [-0.2, -0.15) is 0 Å². The number of likely N-dealkylation sites (tertiary alicyclic amines) is 1. The molecule has 2 heterocycles. The maximum absolute atomic E-state index is 4.57. The standard InChI is InChI=1S/C16H26N4/c1-2-8-17-16-11-18-14(10-19-16)12-20-9-4-6-13-5-3-7-15(13)20/h10-11,13,15H,2-9,12H2,1H3,(H,17,19). The lowest BCUT2D eigenvalue weighted by Gasteiger charge is -2.37. The summed E-state index contributed by atoms with van der Waals surface area (Å²) in [7, 11) is 0. The number of aromatic nitrogens is 2. The van der Waals surface area contributed by atoms with Crippen LogP contribution >= 0.6 is 0 Å². The number of piperidine rings is 1. The van der Waals surface area contributed by atoms with E-state index in [0.717, 1.165) is 43.0 Å². The molecule has 1 aliphatic carbocycles. The van der Waals surface area contributed by atoms with Gasteiger partial charge in [-0.05, 0) is 44.6 Å². The van der Waals surface area contributed by atoms with Crippen LogP contribution in [0.25, 0.3) is 0 Å². The van der Waals surface area contributed by atoms with Gasteiger partial charge in [0, 0.05) is 19.1 Å². The quantitative estimate of drug-likeness (QED) is 0.896. The van der Waals surface area contributed by atoms with Crippen molar-refractivity contribution in [2.75, 3.05) is 18.4 Å². The summed E-state index contributed by atoms with van der Waals surface area (Å²) in [6, 6.07) is 0.809. The number of fused-ring (bicyclic) bond motifs is 1. The first kappa shape index (κ1) is 13.8. The fraction of sp³-hybridized carbons (Fsp3) is 0.750. The molecule has 110 valence electrons. The lowest BCUT2D eigenvalue weighted by molar-refractivity contribution is 0.104. The van der Waals surface area contributed by atoms with Crippen molar-refractivity contribution in [1.82, 2.24) is 14.9 Å². The largest absolute Gasteiger partial charge is 0.369 e. The van der Waals surface area contributed by atoms with Crippen molar-refractivity contribution in [3.8, 4) is 0 Å². The summed E-state index contributed by atoms with van der Waals surface area (Å²) in [6.07, 6.45) is 12.0. The molecular weight excluding hydrogens is 248 g/mol. The summed E-state index contributed by atoms with van der Waals surface area (Å²) >= 11 is 0. The molecule has 1 aromatic rings. The van der Waals surface area contributed by atoms with E-state index in [4.69, 9.17) is 0 Å². The van der Waals surface area contributed by atoms with Gasteiger partial charge >= 0.3 is 0 Å². The minimum absolute atomic E-state index is 0.809. The van der Waals surface area contributed by atoms with E-state index in [-0.39, 0.29) is 0 Å². The molecule has 2 unspecified atom stereocenters. The monoisotopic (exact) mass is 274 g/mol. The number of hydrogen-bond acceptors (Lipinski definition) is 4. The van der Waals surface area contributed by atoms with Crippen LogP contribution in [-0.2, 0) is 6.54 Å².